The molecule has 0 aromatic heterocycles. The fraction of sp³-hybridized carbons (Fsp3) is 0.364. The van der Waals surface area contributed by atoms with E-state index in [9.17, 15) is 9.59 Å². The fourth-order valence-corrected chi connectivity index (χ4v) is 3.82. The number of hydrogen-bond acceptors (Lipinski definition) is 4. The molecule has 0 spiro atoms. The van der Waals surface area contributed by atoms with E-state index < -0.39 is 0 Å². The van der Waals surface area contributed by atoms with Gasteiger partial charge in [0.15, 0.2) is 0 Å². The van der Waals surface area contributed by atoms with Gasteiger partial charge in [-0.2, -0.15) is 0 Å². The van der Waals surface area contributed by atoms with E-state index in [0.717, 1.165) is 43.1 Å². The number of fused-ring (bicyclic) bond motifs is 1. The number of carbonyl (C=O) groups is 2. The summed E-state index contributed by atoms with van der Waals surface area (Å²) in [5.74, 6) is -0.0140. The summed E-state index contributed by atoms with van der Waals surface area (Å²) in [6.45, 7) is 4.18. The number of anilines is 3. The zero-order valence-electron chi connectivity index (χ0n) is 16.4. The molecule has 0 bridgehead atoms. The molecule has 2 amide bonds. The smallest absolute Gasteiger partial charge is 0.255 e. The van der Waals surface area contributed by atoms with Crippen LogP contribution in [0.3, 0.4) is 0 Å². The minimum absolute atomic E-state index is 0.116. The lowest BCUT2D eigenvalue weighted by Crippen LogP contribution is -2.44. The van der Waals surface area contributed by atoms with Crippen molar-refractivity contribution in [3.8, 4) is 0 Å². The summed E-state index contributed by atoms with van der Waals surface area (Å²) >= 11 is 0. The second-order valence-electron chi connectivity index (χ2n) is 7.59. The molecule has 0 unspecified atom stereocenters. The Morgan fingerprint density at radius 2 is 1.64 bits per heavy atom. The Kier molecular flexibility index (Phi) is 5.05. The highest BCUT2D eigenvalue weighted by Crippen LogP contribution is 2.28. The summed E-state index contributed by atoms with van der Waals surface area (Å²) < 4.78 is 0. The van der Waals surface area contributed by atoms with Crippen molar-refractivity contribution >= 4 is 28.9 Å². The predicted octanol–water partition coefficient (Wildman–Crippen LogP) is 2.60. The van der Waals surface area contributed by atoms with Crippen LogP contribution in [0.5, 0.6) is 0 Å². The molecule has 0 atom stereocenters. The van der Waals surface area contributed by atoms with Crippen molar-refractivity contribution in [2.45, 2.75) is 12.8 Å². The van der Waals surface area contributed by atoms with Crippen LogP contribution in [-0.2, 0) is 11.2 Å². The quantitative estimate of drug-likeness (QED) is 0.892. The number of hydrogen-bond donors (Lipinski definition) is 1. The summed E-state index contributed by atoms with van der Waals surface area (Å²) in [5, 5.41) is 2.98. The second-order valence-corrected chi connectivity index (χ2v) is 7.59. The van der Waals surface area contributed by atoms with Gasteiger partial charge in [0.1, 0.15) is 0 Å². The normalized spacial score (nSPS) is 17.4. The number of likely N-dealkylation sites (N-methyl/N-ethyl adjacent to an activating group) is 1. The highest BCUT2D eigenvalue weighted by atomic mass is 16.2. The Balaban J connectivity index is 1.43. The molecule has 4 rings (SSSR count). The molecule has 0 saturated carbocycles. The van der Waals surface area contributed by atoms with Crippen LogP contribution in [-0.4, -0.2) is 57.0 Å². The van der Waals surface area contributed by atoms with Crippen LogP contribution in [0.4, 0.5) is 17.1 Å². The molecule has 2 aliphatic heterocycles. The maximum Gasteiger partial charge on any atom is 0.255 e. The second kappa shape index (κ2) is 7.64. The molecule has 1 N–H and O–H groups in total. The largest absolute Gasteiger partial charge is 0.369 e. The zero-order chi connectivity index (χ0) is 19.7. The summed E-state index contributed by atoms with van der Waals surface area (Å²) in [7, 11) is 3.93. The van der Waals surface area contributed by atoms with Crippen molar-refractivity contribution < 1.29 is 9.59 Å². The molecule has 0 radical (unpaired) electrons. The van der Waals surface area contributed by atoms with Crippen LogP contribution in [0, 0.1) is 0 Å². The van der Waals surface area contributed by atoms with Crippen molar-refractivity contribution in [1.82, 2.24) is 4.90 Å². The Bertz CT molecular complexity index is 886. The summed E-state index contributed by atoms with van der Waals surface area (Å²) in [6.07, 6.45) is 1.17. The molecule has 0 aliphatic carbocycles. The van der Waals surface area contributed by atoms with Gasteiger partial charge in [-0.3, -0.25) is 9.59 Å². The lowest BCUT2D eigenvalue weighted by molar-refractivity contribution is -0.118. The van der Waals surface area contributed by atoms with Gasteiger partial charge in [-0.15, -0.1) is 0 Å². The van der Waals surface area contributed by atoms with Crippen LogP contribution in [0.15, 0.2) is 42.5 Å². The number of aryl methyl sites for hydroxylation is 1. The van der Waals surface area contributed by atoms with Crippen molar-refractivity contribution in [2.24, 2.45) is 0 Å². The minimum atomic E-state index is -0.130. The molecule has 2 aliphatic rings. The molecule has 1 saturated heterocycles. The molecule has 2 heterocycles. The lowest BCUT2D eigenvalue weighted by atomic mass is 9.99. The topological polar surface area (TPSA) is 55.9 Å². The first-order valence-corrected chi connectivity index (χ1v) is 9.75. The van der Waals surface area contributed by atoms with Crippen LogP contribution in [0.25, 0.3) is 0 Å². The minimum Gasteiger partial charge on any atom is -0.369 e. The van der Waals surface area contributed by atoms with Gasteiger partial charge in [-0.1, -0.05) is 0 Å². The average molecular weight is 378 g/mol. The summed E-state index contributed by atoms with van der Waals surface area (Å²) in [5.41, 5.74) is 4.52. The molecule has 28 heavy (non-hydrogen) atoms. The van der Waals surface area contributed by atoms with Crippen molar-refractivity contribution in [1.29, 1.82) is 0 Å². The van der Waals surface area contributed by atoms with Gasteiger partial charge in [0, 0.05) is 62.3 Å². The third-order valence-corrected chi connectivity index (χ3v) is 5.68. The van der Waals surface area contributed by atoms with Gasteiger partial charge in [0.05, 0.1) is 0 Å². The number of amides is 2. The van der Waals surface area contributed by atoms with Crippen LogP contribution in [0.1, 0.15) is 22.3 Å². The number of rotatable bonds is 3. The number of benzene rings is 2. The van der Waals surface area contributed by atoms with Crippen molar-refractivity contribution in [3.05, 3.63) is 53.6 Å². The third kappa shape index (κ3) is 3.73. The van der Waals surface area contributed by atoms with Crippen molar-refractivity contribution in [2.75, 3.05) is 55.4 Å². The van der Waals surface area contributed by atoms with Gasteiger partial charge in [0.2, 0.25) is 5.91 Å². The van der Waals surface area contributed by atoms with E-state index in [1.807, 2.05) is 24.3 Å². The van der Waals surface area contributed by atoms with E-state index in [2.05, 4.69) is 34.3 Å². The molecule has 6 heteroatoms. The number of carbonyl (C=O) groups excluding carboxylic acids is 2. The fourth-order valence-electron chi connectivity index (χ4n) is 3.82. The lowest BCUT2D eigenvalue weighted by Gasteiger charge is -2.34. The van der Waals surface area contributed by atoms with Gasteiger partial charge in [-0.25, -0.2) is 0 Å². The third-order valence-electron chi connectivity index (χ3n) is 5.68. The molecule has 6 nitrogen and oxygen atoms in total. The van der Waals surface area contributed by atoms with Crippen molar-refractivity contribution in [3.63, 3.8) is 0 Å². The predicted molar refractivity (Wildman–Crippen MR) is 112 cm³/mol. The first-order chi connectivity index (χ1) is 13.5. The van der Waals surface area contributed by atoms with E-state index in [0.29, 0.717) is 18.4 Å². The maximum atomic E-state index is 12.7. The van der Waals surface area contributed by atoms with E-state index >= 15 is 0 Å². The summed E-state index contributed by atoms with van der Waals surface area (Å²) in [6, 6.07) is 13.6. The maximum absolute atomic E-state index is 12.7. The SMILES string of the molecule is CN1CCN(c2ccc(NC(=O)c3ccc4c(c3)CCC(=O)N4C)cc2)CC1. The molecule has 146 valence electrons. The highest BCUT2D eigenvalue weighted by molar-refractivity contribution is 6.05. The van der Waals surface area contributed by atoms with E-state index in [1.165, 1.54) is 5.69 Å². The van der Waals surface area contributed by atoms with Crippen LogP contribution < -0.4 is 15.1 Å². The Morgan fingerprint density at radius 1 is 0.929 bits per heavy atom. The Labute approximate surface area is 165 Å². The molecular weight excluding hydrogens is 352 g/mol. The van der Waals surface area contributed by atoms with Gasteiger partial charge in [-0.05, 0) is 61.5 Å². The van der Waals surface area contributed by atoms with Gasteiger partial charge < -0.3 is 20.0 Å². The molecule has 2 aromatic carbocycles. The molecular formula is C22H26N4O2. The average Bonchev–Trinajstić information content (AvgIpc) is 2.72. The first kappa shape index (κ1) is 18.5. The van der Waals surface area contributed by atoms with Crippen LogP contribution in [0.2, 0.25) is 0 Å². The molecule has 2 aromatic rings. The zero-order valence-corrected chi connectivity index (χ0v) is 16.4. The Hall–Kier alpha value is -2.86. The number of piperazine rings is 1. The number of nitrogens with zero attached hydrogens (tertiary/aromatic N) is 3. The number of nitrogens with one attached hydrogen (secondary N) is 1. The molecule has 1 fully saturated rings. The van der Waals surface area contributed by atoms with E-state index in [4.69, 9.17) is 0 Å². The van der Waals surface area contributed by atoms with Gasteiger partial charge >= 0.3 is 0 Å². The summed E-state index contributed by atoms with van der Waals surface area (Å²) in [4.78, 5) is 30.8. The monoisotopic (exact) mass is 378 g/mol. The van der Waals surface area contributed by atoms with E-state index in [1.54, 1.807) is 18.0 Å². The van der Waals surface area contributed by atoms with Crippen LogP contribution >= 0.6 is 0 Å². The highest BCUT2D eigenvalue weighted by Gasteiger charge is 2.22. The van der Waals surface area contributed by atoms with E-state index in [-0.39, 0.29) is 11.8 Å². The van der Waals surface area contributed by atoms with Gasteiger partial charge in [0.25, 0.3) is 5.91 Å². The first-order valence-electron chi connectivity index (χ1n) is 9.75. The Morgan fingerprint density at radius 3 is 2.36 bits per heavy atom. The standard InChI is InChI=1S/C22H26N4O2/c1-24-11-13-26(14-12-24)19-7-5-18(6-8-19)23-22(28)17-3-9-20-16(15-17)4-10-21(27)25(20)2/h3,5-9,15H,4,10-14H2,1-2H3,(H,23,28).